The maximum atomic E-state index is 12.9. The minimum absolute atomic E-state index is 0.0221. The van der Waals surface area contributed by atoms with Gasteiger partial charge in [0, 0.05) is 7.05 Å². The zero-order valence-electron chi connectivity index (χ0n) is 11.7. The normalized spacial score (nSPS) is 11.7. The van der Waals surface area contributed by atoms with Crippen LogP contribution in [0.3, 0.4) is 0 Å². The summed E-state index contributed by atoms with van der Waals surface area (Å²) >= 11 is 12.4. The molecule has 10 heteroatoms. The van der Waals surface area contributed by atoms with Crippen LogP contribution in [0.25, 0.3) is 0 Å². The molecule has 0 spiro atoms. The number of hydrogen-bond donors (Lipinski definition) is 1. The van der Waals surface area contributed by atoms with Crippen LogP contribution in [0.1, 0.15) is 0 Å². The quantitative estimate of drug-likeness (QED) is 0.841. The number of likely N-dealkylation sites (N-methyl/N-ethyl adjacent to an activating group) is 1. The van der Waals surface area contributed by atoms with Gasteiger partial charge in [0.25, 0.3) is 10.0 Å². The monoisotopic (exact) mass is 396 g/mol. The average Bonchev–Trinajstić information content (AvgIpc) is 2.89. The van der Waals surface area contributed by atoms with Gasteiger partial charge in [0.15, 0.2) is 0 Å². The molecule has 1 heterocycles. The van der Waals surface area contributed by atoms with Crippen molar-refractivity contribution < 1.29 is 17.6 Å². The smallest absolute Gasteiger partial charge is 0.252 e. The fraction of sp³-hybridized carbons (Fsp3) is 0.154. The first-order valence-corrected chi connectivity index (χ1v) is 9.18. The van der Waals surface area contributed by atoms with E-state index in [2.05, 4.69) is 5.32 Å². The van der Waals surface area contributed by atoms with Crippen molar-refractivity contribution in [3.63, 3.8) is 0 Å². The van der Waals surface area contributed by atoms with E-state index in [1.54, 1.807) is 0 Å². The second-order valence-electron chi connectivity index (χ2n) is 4.49. The lowest BCUT2D eigenvalue weighted by Gasteiger charge is -2.16. The first-order chi connectivity index (χ1) is 10.7. The largest absolute Gasteiger partial charge is 0.324 e. The van der Waals surface area contributed by atoms with Crippen LogP contribution in [0.4, 0.5) is 10.1 Å². The molecular weight excluding hydrogens is 386 g/mol. The third-order valence-corrected chi connectivity index (χ3v) is 6.60. The topological polar surface area (TPSA) is 66.5 Å². The maximum Gasteiger partial charge on any atom is 0.252 e. The van der Waals surface area contributed by atoms with Crippen LogP contribution in [-0.2, 0) is 14.8 Å². The Labute approximate surface area is 146 Å². The molecule has 2 rings (SSSR count). The van der Waals surface area contributed by atoms with Crippen molar-refractivity contribution in [2.45, 2.75) is 4.21 Å². The Morgan fingerprint density at radius 3 is 2.57 bits per heavy atom. The molecule has 2 aromatic rings. The Morgan fingerprint density at radius 2 is 2.00 bits per heavy atom. The van der Waals surface area contributed by atoms with Gasteiger partial charge in [0.2, 0.25) is 5.91 Å². The van der Waals surface area contributed by atoms with Crippen LogP contribution in [0, 0.1) is 5.82 Å². The molecule has 0 fully saturated rings. The lowest BCUT2D eigenvalue weighted by molar-refractivity contribution is -0.116. The molecule has 0 aliphatic rings. The molecule has 1 amide bonds. The molecule has 0 saturated carbocycles. The number of nitrogens with zero attached hydrogens (tertiary/aromatic N) is 1. The highest BCUT2D eigenvalue weighted by atomic mass is 35.5. The zero-order chi connectivity index (χ0) is 17.2. The predicted octanol–water partition coefficient (Wildman–Crippen LogP) is 3.45. The van der Waals surface area contributed by atoms with Gasteiger partial charge in [-0.2, -0.15) is 4.31 Å². The number of sulfonamides is 1. The van der Waals surface area contributed by atoms with Gasteiger partial charge in [0.05, 0.1) is 21.6 Å². The second kappa shape index (κ2) is 7.14. The van der Waals surface area contributed by atoms with Crippen molar-refractivity contribution in [2.75, 3.05) is 18.9 Å². The maximum absolute atomic E-state index is 12.9. The van der Waals surface area contributed by atoms with Gasteiger partial charge in [-0.25, -0.2) is 12.8 Å². The zero-order valence-corrected chi connectivity index (χ0v) is 14.9. The van der Waals surface area contributed by atoms with Crippen molar-refractivity contribution in [3.8, 4) is 0 Å². The number of anilines is 1. The lowest BCUT2D eigenvalue weighted by atomic mass is 10.3. The summed E-state index contributed by atoms with van der Waals surface area (Å²) in [7, 11) is -2.54. The summed E-state index contributed by atoms with van der Waals surface area (Å²) in [4.78, 5) is 12.0. The van der Waals surface area contributed by atoms with E-state index < -0.39 is 28.3 Å². The Morgan fingerprint density at radius 1 is 1.30 bits per heavy atom. The van der Waals surface area contributed by atoms with E-state index in [-0.39, 0.29) is 14.9 Å². The van der Waals surface area contributed by atoms with Crippen LogP contribution in [-0.4, -0.2) is 32.2 Å². The van der Waals surface area contributed by atoms with E-state index in [9.17, 15) is 17.6 Å². The SMILES string of the molecule is CN(CC(=O)Nc1ccc(F)cc1Cl)S(=O)(=O)c1ccc(Cl)s1. The summed E-state index contributed by atoms with van der Waals surface area (Å²) in [6.45, 7) is -0.425. The Bertz CT molecular complexity index is 839. The molecule has 0 unspecified atom stereocenters. The second-order valence-corrected chi connectivity index (χ2v) is 8.89. The fourth-order valence-electron chi connectivity index (χ4n) is 1.66. The summed E-state index contributed by atoms with van der Waals surface area (Å²) in [5.41, 5.74) is 0.197. The first kappa shape index (κ1) is 18.2. The number of halogens is 3. The lowest BCUT2D eigenvalue weighted by Crippen LogP contribution is -2.34. The Kier molecular flexibility index (Phi) is 5.64. The fourth-order valence-corrected chi connectivity index (χ4v) is 4.69. The highest BCUT2D eigenvalue weighted by Crippen LogP contribution is 2.27. The molecule has 23 heavy (non-hydrogen) atoms. The number of rotatable bonds is 5. The van der Waals surface area contributed by atoms with E-state index >= 15 is 0 Å². The number of carbonyl (C=O) groups excluding carboxylic acids is 1. The van der Waals surface area contributed by atoms with Gasteiger partial charge in [-0.15, -0.1) is 11.3 Å². The van der Waals surface area contributed by atoms with Crippen LogP contribution >= 0.6 is 34.5 Å². The summed E-state index contributed by atoms with van der Waals surface area (Å²) in [5.74, 6) is -1.14. The van der Waals surface area contributed by atoms with Crippen LogP contribution in [0.5, 0.6) is 0 Å². The minimum Gasteiger partial charge on any atom is -0.324 e. The highest BCUT2D eigenvalue weighted by molar-refractivity contribution is 7.91. The van der Waals surface area contributed by atoms with Crippen LogP contribution in [0.15, 0.2) is 34.5 Å². The Balaban J connectivity index is 2.07. The van der Waals surface area contributed by atoms with Gasteiger partial charge >= 0.3 is 0 Å². The van der Waals surface area contributed by atoms with E-state index in [0.717, 1.165) is 27.8 Å². The first-order valence-electron chi connectivity index (χ1n) is 6.17. The molecule has 0 bridgehead atoms. The molecule has 0 aliphatic carbocycles. The van der Waals surface area contributed by atoms with Crippen molar-refractivity contribution in [3.05, 3.63) is 45.5 Å². The van der Waals surface area contributed by atoms with Crippen molar-refractivity contribution in [1.82, 2.24) is 4.31 Å². The molecule has 0 saturated heterocycles. The molecule has 0 radical (unpaired) electrons. The van der Waals surface area contributed by atoms with Crippen molar-refractivity contribution in [2.24, 2.45) is 0 Å². The summed E-state index contributed by atoms with van der Waals surface area (Å²) in [6, 6.07) is 6.31. The number of benzene rings is 1. The number of nitrogens with one attached hydrogen (secondary N) is 1. The van der Waals surface area contributed by atoms with E-state index in [0.29, 0.717) is 4.34 Å². The summed E-state index contributed by atoms with van der Waals surface area (Å²) in [6.07, 6.45) is 0. The number of amides is 1. The summed E-state index contributed by atoms with van der Waals surface area (Å²) < 4.78 is 38.7. The summed E-state index contributed by atoms with van der Waals surface area (Å²) in [5, 5.41) is 2.45. The van der Waals surface area contributed by atoms with Gasteiger partial charge in [-0.3, -0.25) is 4.79 Å². The molecule has 1 aromatic heterocycles. The van der Waals surface area contributed by atoms with E-state index in [1.807, 2.05) is 0 Å². The van der Waals surface area contributed by atoms with Crippen LogP contribution in [0.2, 0.25) is 9.36 Å². The van der Waals surface area contributed by atoms with Gasteiger partial charge in [0.1, 0.15) is 10.0 Å². The third-order valence-electron chi connectivity index (χ3n) is 2.78. The predicted molar refractivity (Wildman–Crippen MR) is 89.2 cm³/mol. The molecule has 5 nitrogen and oxygen atoms in total. The van der Waals surface area contributed by atoms with Crippen LogP contribution < -0.4 is 5.32 Å². The average molecular weight is 397 g/mol. The van der Waals surface area contributed by atoms with E-state index in [4.69, 9.17) is 23.2 Å². The van der Waals surface area contributed by atoms with Gasteiger partial charge in [-0.05, 0) is 30.3 Å². The molecular formula is C13H11Cl2FN2O3S2. The molecule has 124 valence electrons. The van der Waals surface area contributed by atoms with Gasteiger partial charge in [-0.1, -0.05) is 23.2 Å². The number of carbonyl (C=O) groups is 1. The number of thiophene rings is 1. The molecule has 1 aromatic carbocycles. The van der Waals surface area contributed by atoms with Crippen molar-refractivity contribution >= 4 is 56.2 Å². The Hall–Kier alpha value is -1.19. The third kappa shape index (κ3) is 4.42. The number of hydrogen-bond acceptors (Lipinski definition) is 4. The molecule has 0 aliphatic heterocycles. The molecule has 0 atom stereocenters. The van der Waals surface area contributed by atoms with Crippen molar-refractivity contribution in [1.29, 1.82) is 0 Å². The molecule has 1 N–H and O–H groups in total. The minimum atomic E-state index is -3.81. The van der Waals surface area contributed by atoms with E-state index in [1.165, 1.54) is 25.2 Å². The van der Waals surface area contributed by atoms with Gasteiger partial charge < -0.3 is 5.32 Å². The highest BCUT2D eigenvalue weighted by Gasteiger charge is 2.24. The standard InChI is InChI=1S/C13H11Cl2FN2O3S2/c1-18(23(20,21)13-5-4-11(15)22-13)7-12(19)17-10-3-2-8(16)6-9(10)14/h2-6H,7H2,1H3,(H,17,19).